The van der Waals surface area contributed by atoms with E-state index in [1.165, 1.54) is 0 Å². The summed E-state index contributed by atoms with van der Waals surface area (Å²) in [7, 11) is 0. The van der Waals surface area contributed by atoms with Crippen molar-refractivity contribution in [3.8, 4) is 5.75 Å². The molecule has 0 saturated carbocycles. The van der Waals surface area contributed by atoms with Gasteiger partial charge in [-0.3, -0.25) is 0 Å². The molecule has 2 N–H and O–H groups in total. The van der Waals surface area contributed by atoms with Gasteiger partial charge in [-0.25, -0.2) is 9.97 Å². The van der Waals surface area contributed by atoms with Gasteiger partial charge in [-0.05, 0) is 26.0 Å². The van der Waals surface area contributed by atoms with Crippen LogP contribution in [0.5, 0.6) is 5.75 Å². The number of hydrogen-bond acceptors (Lipinski definition) is 4. The van der Waals surface area contributed by atoms with Crippen LogP contribution in [0.15, 0.2) is 30.5 Å². The zero-order chi connectivity index (χ0) is 13.0. The molecule has 1 aromatic heterocycles. The molecule has 1 aromatic carbocycles. The molecule has 4 heteroatoms. The average Bonchev–Trinajstić information content (AvgIpc) is 2.34. The molecular weight excluding hydrogens is 226 g/mol. The van der Waals surface area contributed by atoms with E-state index in [1.54, 1.807) is 12.3 Å². The molecule has 0 spiro atoms. The van der Waals surface area contributed by atoms with Gasteiger partial charge in [0.15, 0.2) is 0 Å². The van der Waals surface area contributed by atoms with E-state index in [1.807, 2.05) is 32.0 Å². The van der Waals surface area contributed by atoms with Crippen LogP contribution in [0.2, 0.25) is 0 Å². The van der Waals surface area contributed by atoms with Gasteiger partial charge < -0.3 is 10.4 Å². The molecule has 2 rings (SSSR count). The number of nitrogens with one attached hydrogen (secondary N) is 1. The monoisotopic (exact) mass is 243 g/mol. The summed E-state index contributed by atoms with van der Waals surface area (Å²) in [6.07, 6.45) is 1.75. The van der Waals surface area contributed by atoms with Crippen molar-refractivity contribution in [3.05, 3.63) is 53.1 Å². The molecule has 18 heavy (non-hydrogen) atoms. The molecule has 0 atom stereocenters. The van der Waals surface area contributed by atoms with Crippen LogP contribution in [0.25, 0.3) is 0 Å². The highest BCUT2D eigenvalue weighted by Crippen LogP contribution is 2.17. The fourth-order valence-electron chi connectivity index (χ4n) is 1.78. The summed E-state index contributed by atoms with van der Waals surface area (Å²) in [5, 5.41) is 13.0. The van der Waals surface area contributed by atoms with Gasteiger partial charge >= 0.3 is 0 Å². The highest BCUT2D eigenvalue weighted by Gasteiger charge is 2.01. The van der Waals surface area contributed by atoms with Crippen molar-refractivity contribution in [2.75, 3.05) is 0 Å². The van der Waals surface area contributed by atoms with Gasteiger partial charge in [0.1, 0.15) is 11.6 Å². The summed E-state index contributed by atoms with van der Waals surface area (Å²) in [6.45, 7) is 5.17. The van der Waals surface area contributed by atoms with E-state index in [4.69, 9.17) is 0 Å². The van der Waals surface area contributed by atoms with Gasteiger partial charge in [-0.15, -0.1) is 0 Å². The molecule has 0 saturated heterocycles. The maximum atomic E-state index is 9.71. The zero-order valence-electron chi connectivity index (χ0n) is 10.6. The summed E-state index contributed by atoms with van der Waals surface area (Å²) in [6, 6.07) is 7.48. The van der Waals surface area contributed by atoms with E-state index in [-0.39, 0.29) is 0 Å². The number of phenolic OH excluding ortho intramolecular Hbond substituents is 1. The molecule has 4 nitrogen and oxygen atoms in total. The van der Waals surface area contributed by atoms with Crippen molar-refractivity contribution in [2.45, 2.75) is 26.9 Å². The molecule has 0 aliphatic rings. The summed E-state index contributed by atoms with van der Waals surface area (Å²) in [5.41, 5.74) is 3.00. The largest absolute Gasteiger partial charge is 0.508 e. The number of aryl methyl sites for hydroxylation is 2. The minimum absolute atomic E-state index is 0.326. The lowest BCUT2D eigenvalue weighted by molar-refractivity contribution is 0.464. The van der Waals surface area contributed by atoms with Crippen molar-refractivity contribution in [1.29, 1.82) is 0 Å². The Balaban J connectivity index is 1.94. The third-order valence-corrected chi connectivity index (χ3v) is 2.69. The van der Waals surface area contributed by atoms with E-state index in [9.17, 15) is 5.11 Å². The fraction of sp³-hybridized carbons (Fsp3) is 0.286. The molecule has 0 fully saturated rings. The number of aromatic hydroxyl groups is 1. The van der Waals surface area contributed by atoms with Crippen LogP contribution in [0.4, 0.5) is 0 Å². The maximum absolute atomic E-state index is 9.71. The maximum Gasteiger partial charge on any atom is 0.125 e. The Bertz CT molecular complexity index is 540. The fourth-order valence-corrected chi connectivity index (χ4v) is 1.78. The quantitative estimate of drug-likeness (QED) is 0.863. The first-order valence-electron chi connectivity index (χ1n) is 5.93. The van der Waals surface area contributed by atoms with Crippen LogP contribution < -0.4 is 5.32 Å². The Morgan fingerprint density at radius 1 is 1.17 bits per heavy atom. The molecule has 0 aliphatic carbocycles. The van der Waals surface area contributed by atoms with Crippen molar-refractivity contribution in [1.82, 2.24) is 15.3 Å². The van der Waals surface area contributed by atoms with E-state index in [0.717, 1.165) is 22.6 Å². The molecule has 0 unspecified atom stereocenters. The molecule has 1 heterocycles. The summed E-state index contributed by atoms with van der Waals surface area (Å²) >= 11 is 0. The molecular formula is C14H17N3O. The molecule has 2 aromatic rings. The Labute approximate surface area is 107 Å². The average molecular weight is 243 g/mol. The number of rotatable bonds is 4. The minimum Gasteiger partial charge on any atom is -0.508 e. The van der Waals surface area contributed by atoms with Crippen LogP contribution >= 0.6 is 0 Å². The van der Waals surface area contributed by atoms with Gasteiger partial charge in [0.05, 0.1) is 5.69 Å². The van der Waals surface area contributed by atoms with Crippen molar-refractivity contribution in [2.24, 2.45) is 0 Å². The number of nitrogens with zero attached hydrogens (tertiary/aromatic N) is 2. The van der Waals surface area contributed by atoms with E-state index < -0.39 is 0 Å². The van der Waals surface area contributed by atoms with Gasteiger partial charge in [0, 0.05) is 24.8 Å². The van der Waals surface area contributed by atoms with E-state index in [0.29, 0.717) is 18.8 Å². The molecule has 94 valence electrons. The van der Waals surface area contributed by atoms with Crippen molar-refractivity contribution < 1.29 is 5.11 Å². The third-order valence-electron chi connectivity index (χ3n) is 2.69. The Kier molecular flexibility index (Phi) is 3.89. The van der Waals surface area contributed by atoms with Gasteiger partial charge in [0.2, 0.25) is 0 Å². The zero-order valence-corrected chi connectivity index (χ0v) is 10.6. The van der Waals surface area contributed by atoms with Crippen LogP contribution in [0.3, 0.4) is 0 Å². The second-order valence-electron chi connectivity index (χ2n) is 4.33. The predicted molar refractivity (Wildman–Crippen MR) is 70.2 cm³/mol. The Hall–Kier alpha value is -1.94. The smallest absolute Gasteiger partial charge is 0.125 e. The predicted octanol–water partition coefficient (Wildman–Crippen LogP) is 2.09. The first kappa shape index (κ1) is 12.5. The van der Waals surface area contributed by atoms with E-state index >= 15 is 0 Å². The normalized spacial score (nSPS) is 10.6. The van der Waals surface area contributed by atoms with Crippen LogP contribution in [0.1, 0.15) is 22.6 Å². The second kappa shape index (κ2) is 5.60. The number of aromatic nitrogens is 2. The summed E-state index contributed by atoms with van der Waals surface area (Å²) in [4.78, 5) is 8.36. The van der Waals surface area contributed by atoms with Crippen molar-refractivity contribution in [3.63, 3.8) is 0 Å². The lowest BCUT2D eigenvalue weighted by atomic mass is 10.1. The van der Waals surface area contributed by atoms with Crippen LogP contribution in [0, 0.1) is 13.8 Å². The van der Waals surface area contributed by atoms with Gasteiger partial charge in [-0.2, -0.15) is 0 Å². The topological polar surface area (TPSA) is 58.0 Å². The number of hydrogen-bond donors (Lipinski definition) is 2. The van der Waals surface area contributed by atoms with E-state index in [2.05, 4.69) is 15.3 Å². The number of benzene rings is 1. The molecule has 0 amide bonds. The molecule has 0 bridgehead atoms. The Morgan fingerprint density at radius 3 is 2.78 bits per heavy atom. The van der Waals surface area contributed by atoms with Crippen LogP contribution in [-0.2, 0) is 13.1 Å². The lowest BCUT2D eigenvalue weighted by Gasteiger charge is -2.07. The van der Waals surface area contributed by atoms with Crippen LogP contribution in [-0.4, -0.2) is 15.1 Å². The SMILES string of the molecule is Cc1ccc(O)c(CNCc2ccnc(C)n2)c1. The second-order valence-corrected chi connectivity index (χ2v) is 4.33. The van der Waals surface area contributed by atoms with Gasteiger partial charge in [-0.1, -0.05) is 17.7 Å². The molecule has 0 radical (unpaired) electrons. The lowest BCUT2D eigenvalue weighted by Crippen LogP contribution is -2.14. The molecule has 0 aliphatic heterocycles. The standard InChI is InChI=1S/C14H17N3O/c1-10-3-4-14(18)12(7-10)8-15-9-13-5-6-16-11(2)17-13/h3-7,15,18H,8-9H2,1-2H3. The van der Waals surface area contributed by atoms with Crippen molar-refractivity contribution >= 4 is 0 Å². The minimum atomic E-state index is 0.326. The summed E-state index contributed by atoms with van der Waals surface area (Å²) < 4.78 is 0. The first-order chi connectivity index (χ1) is 8.65. The highest BCUT2D eigenvalue weighted by molar-refractivity contribution is 5.35. The third kappa shape index (κ3) is 3.28. The first-order valence-corrected chi connectivity index (χ1v) is 5.93. The number of phenols is 1. The van der Waals surface area contributed by atoms with Gasteiger partial charge in [0.25, 0.3) is 0 Å². The highest BCUT2D eigenvalue weighted by atomic mass is 16.3. The summed E-state index contributed by atoms with van der Waals surface area (Å²) in [5.74, 6) is 1.10. The Morgan fingerprint density at radius 2 is 2.00 bits per heavy atom.